The lowest BCUT2D eigenvalue weighted by Gasteiger charge is -2.29. The van der Waals surface area contributed by atoms with Crippen molar-refractivity contribution in [1.29, 1.82) is 0 Å². The minimum absolute atomic E-state index is 0.0124. The van der Waals surface area contributed by atoms with Crippen molar-refractivity contribution in [1.82, 2.24) is 5.32 Å². The summed E-state index contributed by atoms with van der Waals surface area (Å²) in [6.45, 7) is 0. The van der Waals surface area contributed by atoms with Crippen molar-refractivity contribution in [2.45, 2.75) is 43.5 Å². The van der Waals surface area contributed by atoms with E-state index >= 15 is 0 Å². The molecule has 1 N–H and O–H groups in total. The first-order valence-electron chi connectivity index (χ1n) is 8.37. The van der Waals surface area contributed by atoms with Crippen LogP contribution in [0.1, 0.15) is 53.1 Å². The molecule has 0 atom stereocenters. The zero-order valence-electron chi connectivity index (χ0n) is 13.5. The van der Waals surface area contributed by atoms with Crippen molar-refractivity contribution in [3.05, 3.63) is 70.2 Å². The van der Waals surface area contributed by atoms with Gasteiger partial charge in [0.25, 0.3) is 5.91 Å². The lowest BCUT2D eigenvalue weighted by Crippen LogP contribution is -2.37. The monoisotopic (exact) mass is 361 g/mol. The fourth-order valence-electron chi connectivity index (χ4n) is 3.32. The highest BCUT2D eigenvalue weighted by molar-refractivity contribution is 6.30. The molecule has 126 valence electrons. The molecule has 4 heteroatoms. The van der Waals surface area contributed by atoms with Gasteiger partial charge in [0.15, 0.2) is 0 Å². The van der Waals surface area contributed by atoms with E-state index in [1.54, 1.807) is 24.3 Å². The molecule has 0 heterocycles. The van der Waals surface area contributed by atoms with Crippen LogP contribution >= 0.6 is 23.2 Å². The lowest BCUT2D eigenvalue weighted by atomic mass is 9.81. The quantitative estimate of drug-likeness (QED) is 0.712. The molecule has 1 saturated carbocycles. The Morgan fingerprint density at radius 3 is 2.17 bits per heavy atom. The molecule has 24 heavy (non-hydrogen) atoms. The van der Waals surface area contributed by atoms with Gasteiger partial charge < -0.3 is 5.32 Å². The Kier molecular flexibility index (Phi) is 5.80. The molecule has 3 rings (SSSR count). The van der Waals surface area contributed by atoms with Crippen LogP contribution in [0, 0.1) is 0 Å². The van der Waals surface area contributed by atoms with Gasteiger partial charge in [-0.1, -0.05) is 35.9 Å². The lowest BCUT2D eigenvalue weighted by molar-refractivity contribution is 0.0926. The van der Waals surface area contributed by atoms with Crippen molar-refractivity contribution in [2.75, 3.05) is 0 Å². The van der Waals surface area contributed by atoms with Gasteiger partial charge in [0.1, 0.15) is 0 Å². The number of nitrogens with one attached hydrogen (secondary N) is 1. The zero-order valence-corrected chi connectivity index (χ0v) is 15.0. The van der Waals surface area contributed by atoms with Crippen LogP contribution < -0.4 is 5.32 Å². The van der Waals surface area contributed by atoms with E-state index in [2.05, 4.69) is 29.6 Å². The summed E-state index contributed by atoms with van der Waals surface area (Å²) in [7, 11) is 0. The summed E-state index contributed by atoms with van der Waals surface area (Å²) in [5.41, 5.74) is 3.20. The van der Waals surface area contributed by atoms with Crippen LogP contribution in [0.4, 0.5) is 0 Å². The topological polar surface area (TPSA) is 29.1 Å². The van der Waals surface area contributed by atoms with Crippen LogP contribution in [0.2, 0.25) is 5.02 Å². The minimum atomic E-state index is -0.0124. The number of hydrogen-bond acceptors (Lipinski definition) is 1. The minimum Gasteiger partial charge on any atom is -0.349 e. The van der Waals surface area contributed by atoms with E-state index < -0.39 is 0 Å². The first kappa shape index (κ1) is 17.3. The van der Waals surface area contributed by atoms with Gasteiger partial charge in [0.05, 0.1) is 0 Å². The third kappa shape index (κ3) is 4.31. The summed E-state index contributed by atoms with van der Waals surface area (Å²) in [4.78, 5) is 12.3. The Labute approximate surface area is 153 Å². The van der Waals surface area contributed by atoms with Crippen LogP contribution in [0.15, 0.2) is 48.5 Å². The van der Waals surface area contributed by atoms with E-state index in [4.69, 9.17) is 23.2 Å². The first-order chi connectivity index (χ1) is 11.7. The smallest absolute Gasteiger partial charge is 0.251 e. The number of carbonyl (C=O) groups excluding carboxylic acids is 1. The Morgan fingerprint density at radius 2 is 1.58 bits per heavy atom. The largest absolute Gasteiger partial charge is 0.349 e. The second kappa shape index (κ2) is 8.04. The molecule has 2 aromatic rings. The SMILES string of the molecule is O=C(N[C@H]1CC[C@H](c2ccc(CCl)cc2)CC1)c1ccc(Cl)cc1. The summed E-state index contributed by atoms with van der Waals surface area (Å²) in [6, 6.07) is 15.9. The van der Waals surface area contributed by atoms with E-state index in [-0.39, 0.29) is 11.9 Å². The number of carbonyl (C=O) groups is 1. The normalized spacial score (nSPS) is 20.6. The number of alkyl halides is 1. The van der Waals surface area contributed by atoms with Gasteiger partial charge in [0.2, 0.25) is 0 Å². The third-order valence-corrected chi connectivity index (χ3v) is 5.33. The summed E-state index contributed by atoms with van der Waals surface area (Å²) in [5.74, 6) is 1.13. The molecule has 0 aromatic heterocycles. The maximum absolute atomic E-state index is 12.3. The van der Waals surface area contributed by atoms with Gasteiger partial charge in [-0.3, -0.25) is 4.79 Å². The Morgan fingerprint density at radius 1 is 0.958 bits per heavy atom. The van der Waals surface area contributed by atoms with Crippen LogP contribution in [0.25, 0.3) is 0 Å². The first-order valence-corrected chi connectivity index (χ1v) is 9.28. The molecule has 1 fully saturated rings. The van der Waals surface area contributed by atoms with Crippen LogP contribution in [0.5, 0.6) is 0 Å². The van der Waals surface area contributed by atoms with E-state index in [0.29, 0.717) is 22.4 Å². The third-order valence-electron chi connectivity index (χ3n) is 4.77. The molecule has 0 aliphatic heterocycles. The fourth-order valence-corrected chi connectivity index (χ4v) is 3.62. The summed E-state index contributed by atoms with van der Waals surface area (Å²) < 4.78 is 0. The average molecular weight is 362 g/mol. The van der Waals surface area contributed by atoms with Gasteiger partial charge >= 0.3 is 0 Å². The van der Waals surface area contributed by atoms with Gasteiger partial charge in [-0.15, -0.1) is 11.6 Å². The molecule has 1 aliphatic rings. The van der Waals surface area contributed by atoms with Crippen molar-refractivity contribution < 1.29 is 4.79 Å². The molecular formula is C20H21Cl2NO. The summed E-state index contributed by atoms with van der Waals surface area (Å²) in [6.07, 6.45) is 4.24. The molecule has 0 saturated heterocycles. The number of amides is 1. The second-order valence-corrected chi connectivity index (χ2v) is 7.11. The standard InChI is InChI=1S/C20H21Cl2NO/c21-13-14-1-3-15(4-2-14)16-7-11-19(12-8-16)23-20(24)17-5-9-18(22)10-6-17/h1-6,9-10,16,19H,7-8,11-13H2,(H,23,24)/t16-,19-. The zero-order chi connectivity index (χ0) is 16.9. The number of rotatable bonds is 4. The summed E-state index contributed by atoms with van der Waals surface area (Å²) in [5, 5.41) is 3.79. The predicted octanol–water partition coefficient (Wildman–Crippen LogP) is 5.54. The van der Waals surface area contributed by atoms with Crippen molar-refractivity contribution >= 4 is 29.1 Å². The average Bonchev–Trinajstić information content (AvgIpc) is 2.63. The number of benzene rings is 2. The highest BCUT2D eigenvalue weighted by atomic mass is 35.5. The van der Waals surface area contributed by atoms with Gasteiger partial charge in [0, 0.05) is 22.5 Å². The van der Waals surface area contributed by atoms with E-state index in [1.165, 1.54) is 5.56 Å². The van der Waals surface area contributed by atoms with Crippen LogP contribution in [0.3, 0.4) is 0 Å². The molecule has 2 aromatic carbocycles. The maximum Gasteiger partial charge on any atom is 0.251 e. The van der Waals surface area contributed by atoms with E-state index in [1.807, 2.05) is 0 Å². The predicted molar refractivity (Wildman–Crippen MR) is 99.9 cm³/mol. The Hall–Kier alpha value is -1.51. The van der Waals surface area contributed by atoms with Gasteiger partial charge in [-0.05, 0) is 67.0 Å². The molecule has 1 amide bonds. The number of hydrogen-bond donors (Lipinski definition) is 1. The molecule has 1 aliphatic carbocycles. The second-order valence-electron chi connectivity index (χ2n) is 6.40. The Balaban J connectivity index is 1.52. The highest BCUT2D eigenvalue weighted by Gasteiger charge is 2.23. The van der Waals surface area contributed by atoms with E-state index in [0.717, 1.165) is 31.2 Å². The van der Waals surface area contributed by atoms with Gasteiger partial charge in [-0.25, -0.2) is 0 Å². The van der Waals surface area contributed by atoms with Crippen molar-refractivity contribution in [3.63, 3.8) is 0 Å². The van der Waals surface area contributed by atoms with Crippen molar-refractivity contribution in [2.24, 2.45) is 0 Å². The van der Waals surface area contributed by atoms with E-state index in [9.17, 15) is 4.79 Å². The highest BCUT2D eigenvalue weighted by Crippen LogP contribution is 2.33. The van der Waals surface area contributed by atoms with Crippen LogP contribution in [-0.2, 0) is 5.88 Å². The molecule has 0 radical (unpaired) electrons. The molecule has 0 spiro atoms. The summed E-state index contributed by atoms with van der Waals surface area (Å²) >= 11 is 11.7. The maximum atomic E-state index is 12.3. The molecule has 2 nitrogen and oxygen atoms in total. The molecule has 0 unspecified atom stereocenters. The Bertz CT molecular complexity index is 674. The fraction of sp³-hybridized carbons (Fsp3) is 0.350. The van der Waals surface area contributed by atoms with Gasteiger partial charge in [-0.2, -0.15) is 0 Å². The van der Waals surface area contributed by atoms with Crippen LogP contribution in [-0.4, -0.2) is 11.9 Å². The molecule has 0 bridgehead atoms. The van der Waals surface area contributed by atoms with Crippen molar-refractivity contribution in [3.8, 4) is 0 Å². The molecular weight excluding hydrogens is 341 g/mol. The number of halogens is 2.